The van der Waals surface area contributed by atoms with Crippen LogP contribution in [-0.2, 0) is 0 Å². The minimum atomic E-state index is 0.365. The molecule has 0 radical (unpaired) electrons. The Morgan fingerprint density at radius 3 is 0.643 bits per heavy atom. The van der Waals surface area contributed by atoms with Crippen molar-refractivity contribution in [3.63, 3.8) is 0 Å². The molecule has 0 aliphatic carbocycles. The van der Waals surface area contributed by atoms with E-state index in [1.807, 2.05) is 0 Å². The van der Waals surface area contributed by atoms with Crippen LogP contribution >= 0.6 is 36.7 Å². The van der Waals surface area contributed by atoms with E-state index in [9.17, 15) is 0 Å². The Balaban J connectivity index is 4.34. The van der Waals surface area contributed by atoms with Crippen LogP contribution in [0.15, 0.2) is 5.10 Å². The van der Waals surface area contributed by atoms with Crippen LogP contribution in [0.4, 0.5) is 0 Å². The zero-order valence-corrected chi connectivity index (χ0v) is 49.2. The summed E-state index contributed by atoms with van der Waals surface area (Å²) in [4.78, 5) is 0. The van der Waals surface area contributed by atoms with Crippen LogP contribution in [0.5, 0.6) is 0 Å². The summed E-state index contributed by atoms with van der Waals surface area (Å²) in [6.07, 6.45) is 65.5. The van der Waals surface area contributed by atoms with E-state index < -0.39 is 0 Å². The van der Waals surface area contributed by atoms with Gasteiger partial charge in [-0.1, -0.05) is 310 Å². The van der Waals surface area contributed by atoms with Gasteiger partial charge < -0.3 is 16.0 Å². The smallest absolute Gasteiger partial charge is 0.251 e. The highest BCUT2D eigenvalue weighted by Gasteiger charge is 2.05. The second kappa shape index (κ2) is 59.9. The first-order valence-electron chi connectivity index (χ1n) is 30.7. The van der Waals surface area contributed by atoms with Crippen molar-refractivity contribution in [1.29, 1.82) is 0 Å². The molecule has 0 atom stereocenters. The lowest BCUT2D eigenvalue weighted by atomic mass is 10.0. The number of nitrogens with one attached hydrogen (secondary N) is 8. The summed E-state index contributed by atoms with van der Waals surface area (Å²) < 4.78 is 0. The van der Waals surface area contributed by atoms with Gasteiger partial charge in [0.25, 0.3) is 5.96 Å². The third-order valence-corrected chi connectivity index (χ3v) is 14.5. The minimum absolute atomic E-state index is 0.365. The summed E-state index contributed by atoms with van der Waals surface area (Å²) in [7, 11) is 0. The van der Waals surface area contributed by atoms with Gasteiger partial charge in [-0.3, -0.25) is 27.1 Å². The predicted octanol–water partition coefficient (Wildman–Crippen LogP) is 17.4. The molecular weight excluding hydrogens is 919 g/mol. The van der Waals surface area contributed by atoms with E-state index in [1.54, 1.807) is 0 Å². The number of thiocarbonyl (C=S) groups is 3. The summed E-state index contributed by atoms with van der Waals surface area (Å²) >= 11 is 16.7. The van der Waals surface area contributed by atoms with E-state index in [-0.39, 0.29) is 0 Å². The van der Waals surface area contributed by atoms with Gasteiger partial charge in [0.05, 0.1) is 0 Å². The van der Waals surface area contributed by atoms with Gasteiger partial charge in [-0.2, -0.15) is 0 Å². The predicted molar refractivity (Wildman–Crippen MR) is 324 cm³/mol. The Morgan fingerprint density at radius 2 is 0.429 bits per heavy atom. The first-order chi connectivity index (χ1) is 34.5. The molecule has 0 rings (SSSR count). The number of hydrazone groups is 1. The SMILES string of the molecule is CCCCCCCCCCCCCCCCCCNC(=S)NN=C(NNC(=S)NCCCCCCCCCCCCCCCCCC)NNC(=S)NCCCCCCCCCCCCCCCCCC. The Hall–Kier alpha value is -1.66. The molecule has 0 heterocycles. The van der Waals surface area contributed by atoms with E-state index in [4.69, 9.17) is 36.7 Å². The van der Waals surface area contributed by atoms with Crippen molar-refractivity contribution >= 4 is 58.0 Å². The molecule has 0 bridgehead atoms. The van der Waals surface area contributed by atoms with Gasteiger partial charge in [0.2, 0.25) is 0 Å². The molecule has 8 N–H and O–H groups in total. The quantitative estimate of drug-likeness (QED) is 0.00981. The fourth-order valence-electron chi connectivity index (χ4n) is 9.18. The van der Waals surface area contributed by atoms with Gasteiger partial charge in [0.15, 0.2) is 15.3 Å². The second-order valence-electron chi connectivity index (χ2n) is 20.7. The molecule has 12 heteroatoms. The molecule has 0 aromatic heterocycles. The van der Waals surface area contributed by atoms with Crippen LogP contribution in [0.2, 0.25) is 0 Å². The van der Waals surface area contributed by atoms with Crippen molar-refractivity contribution in [2.75, 3.05) is 19.6 Å². The molecule has 0 aliphatic heterocycles. The highest BCUT2D eigenvalue weighted by atomic mass is 32.1. The maximum atomic E-state index is 5.58. The normalized spacial score (nSPS) is 11.0. The van der Waals surface area contributed by atoms with Gasteiger partial charge in [-0.15, -0.1) is 5.10 Å². The highest BCUT2D eigenvalue weighted by Crippen LogP contribution is 2.16. The summed E-state index contributed by atoms with van der Waals surface area (Å²) in [5.41, 5.74) is 15.2. The number of unbranched alkanes of at least 4 members (excludes halogenated alkanes) is 45. The van der Waals surface area contributed by atoms with Gasteiger partial charge >= 0.3 is 0 Å². The van der Waals surface area contributed by atoms with Crippen LogP contribution in [0, 0.1) is 0 Å². The number of hydrogen-bond acceptors (Lipinski definition) is 4. The molecule has 0 saturated carbocycles. The standard InChI is InChI=1S/C58H119N9S3/c1-4-7-10-13-16-19-22-25-28-31-34-37-40-43-46-49-52-59-56(68)65-62-55(63-66-57(69)60-53-50-47-44-41-38-35-32-29-26-23-20-17-14-11-8-5-2)64-67-58(70)61-54-51-48-45-42-39-36-33-30-27-24-21-18-15-12-9-6-3/h4-54H2,1-3H3,(H2,59,65,68)(H2,60,66,69)(H2,61,67,70)(H2,62,63,64). The lowest BCUT2D eigenvalue weighted by Crippen LogP contribution is -2.57. The van der Waals surface area contributed by atoms with Crippen molar-refractivity contribution in [3.8, 4) is 0 Å². The van der Waals surface area contributed by atoms with Crippen LogP contribution in [0.3, 0.4) is 0 Å². The first kappa shape index (κ1) is 68.3. The van der Waals surface area contributed by atoms with Gasteiger partial charge in [0, 0.05) is 19.6 Å². The van der Waals surface area contributed by atoms with E-state index in [1.165, 1.54) is 289 Å². The lowest BCUT2D eigenvalue weighted by Gasteiger charge is -2.17. The number of guanidine groups is 1. The average molecular weight is 1040 g/mol. The fraction of sp³-hybridized carbons (Fsp3) is 0.931. The topological polar surface area (TPSA) is 109 Å². The van der Waals surface area contributed by atoms with Crippen LogP contribution in [-0.4, -0.2) is 40.9 Å². The van der Waals surface area contributed by atoms with Gasteiger partial charge in [-0.05, 0) is 55.9 Å². The van der Waals surface area contributed by atoms with Crippen LogP contribution < -0.4 is 43.1 Å². The summed E-state index contributed by atoms with van der Waals surface area (Å²) in [6.45, 7) is 9.38. The molecule has 0 saturated heterocycles. The van der Waals surface area contributed by atoms with E-state index in [0.717, 1.165) is 38.9 Å². The maximum absolute atomic E-state index is 5.58. The van der Waals surface area contributed by atoms with Crippen LogP contribution in [0.25, 0.3) is 0 Å². The Morgan fingerprint density at radius 1 is 0.243 bits per heavy atom. The second-order valence-corrected chi connectivity index (χ2v) is 22.0. The van der Waals surface area contributed by atoms with Crippen molar-refractivity contribution in [2.24, 2.45) is 5.10 Å². The molecule has 9 nitrogen and oxygen atoms in total. The zero-order valence-electron chi connectivity index (χ0n) is 46.7. The number of hydrogen-bond donors (Lipinski definition) is 8. The monoisotopic (exact) mass is 1040 g/mol. The third kappa shape index (κ3) is 57.2. The Bertz CT molecular complexity index is 1070. The molecule has 0 aliphatic rings. The molecule has 0 fully saturated rings. The number of rotatable bonds is 52. The molecule has 0 aromatic rings. The molecule has 0 unspecified atom stereocenters. The van der Waals surface area contributed by atoms with Crippen molar-refractivity contribution in [1.82, 2.24) is 43.1 Å². The molecule has 0 amide bonds. The van der Waals surface area contributed by atoms with Crippen molar-refractivity contribution in [3.05, 3.63) is 0 Å². The summed E-state index contributed by atoms with van der Waals surface area (Å²) in [5, 5.41) is 15.9. The molecule has 0 spiro atoms. The first-order valence-corrected chi connectivity index (χ1v) is 32.0. The number of hydrazine groups is 2. The zero-order chi connectivity index (χ0) is 50.7. The molecular formula is C58H119N9S3. The lowest BCUT2D eigenvalue weighted by molar-refractivity contribution is 0.529. The van der Waals surface area contributed by atoms with E-state index in [2.05, 4.69) is 69.0 Å². The van der Waals surface area contributed by atoms with Gasteiger partial charge in [-0.25, -0.2) is 0 Å². The van der Waals surface area contributed by atoms with E-state index in [0.29, 0.717) is 21.3 Å². The van der Waals surface area contributed by atoms with Crippen molar-refractivity contribution in [2.45, 2.75) is 329 Å². The fourth-order valence-corrected chi connectivity index (χ4v) is 9.63. The molecule has 414 valence electrons. The van der Waals surface area contributed by atoms with E-state index >= 15 is 0 Å². The summed E-state index contributed by atoms with van der Waals surface area (Å²) in [6, 6.07) is 0. The Kier molecular flexibility index (Phi) is 58.5. The Labute approximate surface area is 452 Å². The minimum Gasteiger partial charge on any atom is -0.361 e. The third-order valence-electron chi connectivity index (χ3n) is 13.8. The largest absolute Gasteiger partial charge is 0.361 e. The number of nitrogens with zero attached hydrogens (tertiary/aromatic N) is 1. The molecule has 0 aromatic carbocycles. The van der Waals surface area contributed by atoms with Crippen molar-refractivity contribution < 1.29 is 0 Å². The summed E-state index contributed by atoms with van der Waals surface area (Å²) in [5.74, 6) is 0.365. The highest BCUT2D eigenvalue weighted by molar-refractivity contribution is 7.80. The maximum Gasteiger partial charge on any atom is 0.251 e. The van der Waals surface area contributed by atoms with Crippen LogP contribution in [0.1, 0.15) is 329 Å². The molecule has 70 heavy (non-hydrogen) atoms. The average Bonchev–Trinajstić information content (AvgIpc) is 3.36. The van der Waals surface area contributed by atoms with Gasteiger partial charge in [0.1, 0.15) is 0 Å².